The summed E-state index contributed by atoms with van der Waals surface area (Å²) in [6, 6.07) is 3.22. The summed E-state index contributed by atoms with van der Waals surface area (Å²) in [6.07, 6.45) is 0.481. The Labute approximate surface area is 140 Å². The molecule has 7 nitrogen and oxygen atoms in total. The maximum Gasteiger partial charge on any atom is 0.254 e. The summed E-state index contributed by atoms with van der Waals surface area (Å²) < 4.78 is 1.84. The smallest absolute Gasteiger partial charge is 0.254 e. The van der Waals surface area contributed by atoms with Crippen LogP contribution in [0.25, 0.3) is 11.0 Å². The first-order valence-electron chi connectivity index (χ1n) is 8.04. The van der Waals surface area contributed by atoms with Crippen LogP contribution in [0.5, 0.6) is 5.75 Å². The van der Waals surface area contributed by atoms with E-state index >= 15 is 0 Å². The van der Waals surface area contributed by atoms with Crippen LogP contribution in [0.2, 0.25) is 0 Å². The lowest BCUT2D eigenvalue weighted by molar-refractivity contribution is -0.137. The minimum Gasteiger partial charge on any atom is -0.506 e. The third kappa shape index (κ3) is 2.50. The lowest BCUT2D eigenvalue weighted by Gasteiger charge is -2.43. The van der Waals surface area contributed by atoms with Crippen molar-refractivity contribution in [1.29, 1.82) is 0 Å². The molecular formula is C17H22N4O3. The predicted molar refractivity (Wildman–Crippen MR) is 89.9 cm³/mol. The van der Waals surface area contributed by atoms with Crippen LogP contribution in [0.4, 0.5) is 0 Å². The third-order valence-electron chi connectivity index (χ3n) is 4.82. The van der Waals surface area contributed by atoms with Crippen molar-refractivity contribution in [2.24, 2.45) is 7.05 Å². The van der Waals surface area contributed by atoms with Gasteiger partial charge in [-0.3, -0.25) is 9.59 Å². The highest BCUT2D eigenvalue weighted by molar-refractivity contribution is 5.99. The number of hydrogen-bond donors (Lipinski definition) is 1. The first-order chi connectivity index (χ1) is 11.3. The standard InChI is InChI=1S/C17H22N4O3/c1-5-15(23)21-8-12(9-21)20(4)17(24)11-6-13-16(14(22)7-11)18-10(2)19(13)3/h6-7,12,22H,5,8-9H2,1-4H3. The van der Waals surface area contributed by atoms with E-state index in [0.29, 0.717) is 30.6 Å². The zero-order valence-corrected chi connectivity index (χ0v) is 14.4. The van der Waals surface area contributed by atoms with Crippen LogP contribution in [0.3, 0.4) is 0 Å². The molecule has 0 aliphatic carbocycles. The lowest BCUT2D eigenvalue weighted by atomic mass is 10.1. The average Bonchev–Trinajstić information content (AvgIpc) is 2.80. The average molecular weight is 330 g/mol. The number of benzene rings is 1. The van der Waals surface area contributed by atoms with E-state index in [4.69, 9.17) is 0 Å². The molecule has 1 aromatic carbocycles. The van der Waals surface area contributed by atoms with Crippen LogP contribution >= 0.6 is 0 Å². The second-order valence-corrected chi connectivity index (χ2v) is 6.30. The zero-order valence-electron chi connectivity index (χ0n) is 14.4. The fourth-order valence-corrected chi connectivity index (χ4v) is 3.01. The highest BCUT2D eigenvalue weighted by Gasteiger charge is 2.35. The number of likely N-dealkylation sites (N-methyl/N-ethyl adjacent to an activating group) is 1. The number of amides is 2. The number of rotatable bonds is 3. The quantitative estimate of drug-likeness (QED) is 0.919. The Kier molecular flexibility index (Phi) is 3.95. The number of nitrogens with zero attached hydrogens (tertiary/aromatic N) is 4. The van der Waals surface area contributed by atoms with Crippen LogP contribution in [-0.2, 0) is 11.8 Å². The van der Waals surface area contributed by atoms with E-state index in [1.807, 2.05) is 25.5 Å². The van der Waals surface area contributed by atoms with Gasteiger partial charge in [0.1, 0.15) is 17.1 Å². The van der Waals surface area contributed by atoms with Gasteiger partial charge in [-0.2, -0.15) is 0 Å². The molecule has 1 saturated heterocycles. The van der Waals surface area contributed by atoms with Crippen molar-refractivity contribution in [3.8, 4) is 5.75 Å². The van der Waals surface area contributed by atoms with Gasteiger partial charge >= 0.3 is 0 Å². The Morgan fingerprint density at radius 3 is 2.67 bits per heavy atom. The number of aryl methyl sites for hydroxylation is 2. The van der Waals surface area contributed by atoms with Crippen LogP contribution in [0.15, 0.2) is 12.1 Å². The molecule has 0 bridgehead atoms. The summed E-state index contributed by atoms with van der Waals surface area (Å²) in [5, 5.41) is 10.2. The summed E-state index contributed by atoms with van der Waals surface area (Å²) in [5.74, 6) is 0.714. The van der Waals surface area contributed by atoms with Crippen molar-refractivity contribution in [3.05, 3.63) is 23.5 Å². The predicted octanol–water partition coefficient (Wildman–Crippen LogP) is 1.28. The molecule has 0 unspecified atom stereocenters. The molecule has 1 aliphatic rings. The third-order valence-corrected chi connectivity index (χ3v) is 4.82. The summed E-state index contributed by atoms with van der Waals surface area (Å²) >= 11 is 0. The number of hydrogen-bond acceptors (Lipinski definition) is 4. The number of aromatic hydroxyl groups is 1. The van der Waals surface area contributed by atoms with Crippen molar-refractivity contribution in [2.45, 2.75) is 26.3 Å². The van der Waals surface area contributed by atoms with Gasteiger partial charge in [0.2, 0.25) is 5.91 Å². The second-order valence-electron chi connectivity index (χ2n) is 6.30. The van der Waals surface area contributed by atoms with E-state index in [9.17, 15) is 14.7 Å². The maximum absolute atomic E-state index is 12.7. The Hall–Kier alpha value is -2.57. The summed E-state index contributed by atoms with van der Waals surface area (Å²) in [5.41, 5.74) is 1.64. The number of aromatic nitrogens is 2. The molecule has 2 aromatic rings. The van der Waals surface area contributed by atoms with Gasteiger partial charge in [0.25, 0.3) is 5.91 Å². The van der Waals surface area contributed by atoms with E-state index in [2.05, 4.69) is 4.98 Å². The van der Waals surface area contributed by atoms with Crippen LogP contribution in [0, 0.1) is 6.92 Å². The van der Waals surface area contributed by atoms with Gasteiger partial charge in [0.15, 0.2) is 0 Å². The molecule has 3 rings (SSSR count). The number of phenolic OH excluding ortho intramolecular Hbond substituents is 1. The molecular weight excluding hydrogens is 308 g/mol. The maximum atomic E-state index is 12.7. The molecule has 0 atom stereocenters. The number of likely N-dealkylation sites (tertiary alicyclic amines) is 1. The molecule has 1 aromatic heterocycles. The van der Waals surface area contributed by atoms with Crippen molar-refractivity contribution in [1.82, 2.24) is 19.4 Å². The largest absolute Gasteiger partial charge is 0.506 e. The zero-order chi connectivity index (χ0) is 17.6. The van der Waals surface area contributed by atoms with Crippen molar-refractivity contribution >= 4 is 22.8 Å². The molecule has 2 heterocycles. The fraction of sp³-hybridized carbons (Fsp3) is 0.471. The van der Waals surface area contributed by atoms with E-state index in [0.717, 1.165) is 11.3 Å². The number of phenols is 1. The fourth-order valence-electron chi connectivity index (χ4n) is 3.01. The summed E-state index contributed by atoms with van der Waals surface area (Å²) in [6.45, 7) is 4.81. The molecule has 0 radical (unpaired) electrons. The molecule has 1 aliphatic heterocycles. The lowest BCUT2D eigenvalue weighted by Crippen LogP contribution is -2.61. The molecule has 1 N–H and O–H groups in total. The van der Waals surface area contributed by atoms with Crippen molar-refractivity contribution in [3.63, 3.8) is 0 Å². The van der Waals surface area contributed by atoms with E-state index in [-0.39, 0.29) is 23.6 Å². The van der Waals surface area contributed by atoms with Gasteiger partial charge in [0, 0.05) is 39.2 Å². The van der Waals surface area contributed by atoms with Crippen LogP contribution in [-0.4, -0.2) is 62.5 Å². The molecule has 1 fully saturated rings. The Morgan fingerprint density at radius 1 is 1.38 bits per heavy atom. The highest BCUT2D eigenvalue weighted by atomic mass is 16.3. The van der Waals surface area contributed by atoms with E-state index in [1.54, 1.807) is 22.9 Å². The second kappa shape index (κ2) is 5.81. The molecule has 24 heavy (non-hydrogen) atoms. The minimum atomic E-state index is -0.167. The topological polar surface area (TPSA) is 78.7 Å². The summed E-state index contributed by atoms with van der Waals surface area (Å²) in [7, 11) is 3.58. The molecule has 0 spiro atoms. The van der Waals surface area contributed by atoms with Gasteiger partial charge in [-0.1, -0.05) is 6.92 Å². The number of imidazole rings is 1. The van der Waals surface area contributed by atoms with Crippen LogP contribution in [0.1, 0.15) is 29.5 Å². The van der Waals surface area contributed by atoms with Gasteiger partial charge in [-0.25, -0.2) is 4.98 Å². The number of carbonyl (C=O) groups is 2. The van der Waals surface area contributed by atoms with Gasteiger partial charge < -0.3 is 19.5 Å². The number of carbonyl (C=O) groups excluding carboxylic acids is 2. The van der Waals surface area contributed by atoms with Gasteiger partial charge in [-0.05, 0) is 19.1 Å². The van der Waals surface area contributed by atoms with Crippen LogP contribution < -0.4 is 0 Å². The van der Waals surface area contributed by atoms with Gasteiger partial charge in [0.05, 0.1) is 11.6 Å². The van der Waals surface area contributed by atoms with E-state index < -0.39 is 0 Å². The Bertz CT molecular complexity index is 821. The monoisotopic (exact) mass is 330 g/mol. The van der Waals surface area contributed by atoms with E-state index in [1.165, 1.54) is 6.07 Å². The molecule has 0 saturated carbocycles. The normalized spacial score (nSPS) is 14.8. The number of fused-ring (bicyclic) bond motifs is 1. The molecule has 128 valence electrons. The van der Waals surface area contributed by atoms with Gasteiger partial charge in [-0.15, -0.1) is 0 Å². The Balaban J connectivity index is 1.81. The molecule has 7 heteroatoms. The minimum absolute atomic E-state index is 0.00402. The first kappa shape index (κ1) is 16.3. The SMILES string of the molecule is CCC(=O)N1CC(N(C)C(=O)c2cc(O)c3nc(C)n(C)c3c2)C1. The van der Waals surface area contributed by atoms with Crippen molar-refractivity contribution in [2.75, 3.05) is 20.1 Å². The Morgan fingerprint density at radius 2 is 2.04 bits per heavy atom. The summed E-state index contributed by atoms with van der Waals surface area (Å²) in [4.78, 5) is 32.0. The van der Waals surface area contributed by atoms with Crippen molar-refractivity contribution < 1.29 is 14.7 Å². The molecule has 2 amide bonds. The highest BCUT2D eigenvalue weighted by Crippen LogP contribution is 2.27. The first-order valence-corrected chi connectivity index (χ1v) is 8.04.